The summed E-state index contributed by atoms with van der Waals surface area (Å²) in [4.78, 5) is 18.7. The van der Waals surface area contributed by atoms with Crippen molar-refractivity contribution in [2.24, 2.45) is 11.8 Å². The molecule has 4 aliphatic heterocycles. The van der Waals surface area contributed by atoms with Crippen molar-refractivity contribution in [3.8, 4) is 17.2 Å². The Morgan fingerprint density at radius 1 is 1.00 bits per heavy atom. The van der Waals surface area contributed by atoms with E-state index in [-0.39, 0.29) is 25.1 Å². The van der Waals surface area contributed by atoms with Gasteiger partial charge >= 0.3 is 0 Å². The van der Waals surface area contributed by atoms with Crippen LogP contribution in [0.5, 0.6) is 17.2 Å². The number of ether oxygens (including phenoxy) is 3. The second-order valence-corrected chi connectivity index (χ2v) is 10.3. The molecule has 6 rings (SSSR count). The number of likely N-dealkylation sites (tertiary alicyclic amines) is 1. The van der Waals surface area contributed by atoms with Crippen LogP contribution in [0.2, 0.25) is 0 Å². The molecule has 182 valence electrons. The van der Waals surface area contributed by atoms with E-state index in [9.17, 15) is 4.79 Å². The molecule has 2 aromatic rings. The normalized spacial score (nSPS) is 23.3. The average Bonchev–Trinajstić information content (AvgIpc) is 3.50. The second-order valence-electron chi connectivity index (χ2n) is 10.3. The van der Waals surface area contributed by atoms with E-state index in [2.05, 4.69) is 30.9 Å². The predicted molar refractivity (Wildman–Crippen MR) is 134 cm³/mol. The third kappa shape index (κ3) is 3.62. The minimum Gasteiger partial charge on any atom is -0.491 e. The van der Waals surface area contributed by atoms with E-state index in [1.807, 2.05) is 29.2 Å². The number of para-hydroxylation sites is 1. The van der Waals surface area contributed by atoms with Crippen molar-refractivity contribution in [1.82, 2.24) is 4.90 Å². The number of piperidine rings is 1. The Labute approximate surface area is 207 Å². The maximum atomic E-state index is 14.1. The number of nitrogens with zero attached hydrogens (tertiary/aromatic N) is 2. The number of benzene rings is 2. The summed E-state index contributed by atoms with van der Waals surface area (Å²) in [6.07, 6.45) is 3.54. The van der Waals surface area contributed by atoms with Gasteiger partial charge in [0, 0.05) is 23.9 Å². The lowest BCUT2D eigenvalue weighted by atomic mass is 9.77. The average molecular weight is 485 g/mol. The highest BCUT2D eigenvalue weighted by Gasteiger charge is 2.57. The number of rotatable bonds is 5. The van der Waals surface area contributed by atoms with Crippen LogP contribution in [0, 0.1) is 11.8 Å². The Bertz CT molecular complexity index is 1080. The van der Waals surface area contributed by atoms with E-state index >= 15 is 0 Å². The quantitative estimate of drug-likeness (QED) is 0.619. The van der Waals surface area contributed by atoms with Crippen molar-refractivity contribution in [3.63, 3.8) is 0 Å². The number of hydrogen-bond donors (Lipinski definition) is 0. The molecule has 4 aliphatic rings. The van der Waals surface area contributed by atoms with E-state index in [1.54, 1.807) is 0 Å². The van der Waals surface area contributed by atoms with E-state index < -0.39 is 5.41 Å². The molecule has 1 saturated heterocycles. The van der Waals surface area contributed by atoms with Crippen molar-refractivity contribution in [2.45, 2.75) is 38.5 Å². The zero-order valence-corrected chi connectivity index (χ0v) is 20.7. The Morgan fingerprint density at radius 3 is 2.50 bits per heavy atom. The van der Waals surface area contributed by atoms with Crippen LogP contribution in [0.4, 0.5) is 5.69 Å². The Kier molecular flexibility index (Phi) is 6.15. The van der Waals surface area contributed by atoms with Crippen LogP contribution in [-0.2, 0) is 10.2 Å². The fraction of sp³-hybridized carbons (Fsp3) is 0.519. The first kappa shape index (κ1) is 23.3. The standard InChI is InChI=1S/C27H32N2O4.ClH/c1-18(2)7-10-28-11-8-19(9-12-28)15-29-22-6-4-3-5-20(22)27(26(29)30)16-31-23-14-25-24(13-21(23)27)32-17-33-25;/h3-6,13-14,18-19H,7-12,15-17H2,1-2H3;1H. The van der Waals surface area contributed by atoms with Crippen LogP contribution >= 0.6 is 12.4 Å². The molecule has 4 heterocycles. The van der Waals surface area contributed by atoms with E-state index in [4.69, 9.17) is 14.2 Å². The van der Waals surface area contributed by atoms with Crippen molar-refractivity contribution in [1.29, 1.82) is 0 Å². The molecule has 1 atom stereocenters. The van der Waals surface area contributed by atoms with Crippen molar-refractivity contribution in [2.75, 3.05) is 44.5 Å². The highest BCUT2D eigenvalue weighted by atomic mass is 35.5. The summed E-state index contributed by atoms with van der Waals surface area (Å²) in [7, 11) is 0. The number of amides is 1. The van der Waals surface area contributed by atoms with Gasteiger partial charge in [-0.15, -0.1) is 12.4 Å². The van der Waals surface area contributed by atoms with E-state index in [0.717, 1.165) is 61.0 Å². The molecule has 6 nitrogen and oxygen atoms in total. The van der Waals surface area contributed by atoms with Crippen LogP contribution < -0.4 is 19.1 Å². The number of anilines is 1. The molecule has 0 aromatic heterocycles. The molecule has 1 amide bonds. The Hall–Kier alpha value is -2.44. The summed E-state index contributed by atoms with van der Waals surface area (Å²) in [6.45, 7) is 9.32. The van der Waals surface area contributed by atoms with Crippen LogP contribution in [0.3, 0.4) is 0 Å². The monoisotopic (exact) mass is 484 g/mol. The SMILES string of the molecule is CC(C)CCN1CCC(CN2C(=O)C3(COc4cc5c(cc43)OCO5)c3ccccc32)CC1.Cl. The lowest BCUT2D eigenvalue weighted by molar-refractivity contribution is -0.122. The summed E-state index contributed by atoms with van der Waals surface area (Å²) in [5.41, 5.74) is 2.17. The molecule has 34 heavy (non-hydrogen) atoms. The molecule has 0 aliphatic carbocycles. The largest absolute Gasteiger partial charge is 0.491 e. The van der Waals surface area contributed by atoms with Gasteiger partial charge in [-0.1, -0.05) is 32.0 Å². The minimum absolute atomic E-state index is 0. The smallest absolute Gasteiger partial charge is 0.245 e. The number of carbonyl (C=O) groups excluding carboxylic acids is 1. The van der Waals surface area contributed by atoms with Crippen molar-refractivity contribution in [3.05, 3.63) is 47.5 Å². The first-order valence-corrected chi connectivity index (χ1v) is 12.3. The van der Waals surface area contributed by atoms with Crippen LogP contribution in [0.25, 0.3) is 0 Å². The summed E-state index contributed by atoms with van der Waals surface area (Å²) in [5.74, 6) is 3.49. The molecule has 0 N–H and O–H groups in total. The summed E-state index contributed by atoms with van der Waals surface area (Å²) in [5, 5.41) is 0. The topological polar surface area (TPSA) is 51.2 Å². The van der Waals surface area contributed by atoms with E-state index in [0.29, 0.717) is 24.0 Å². The van der Waals surface area contributed by atoms with Gasteiger partial charge in [-0.2, -0.15) is 0 Å². The van der Waals surface area contributed by atoms with Crippen molar-refractivity contribution >= 4 is 24.0 Å². The first-order chi connectivity index (χ1) is 16.1. The molecule has 1 spiro atoms. The number of carbonyl (C=O) groups is 1. The van der Waals surface area contributed by atoms with Gasteiger partial charge in [-0.3, -0.25) is 4.79 Å². The minimum atomic E-state index is -0.801. The van der Waals surface area contributed by atoms with Crippen molar-refractivity contribution < 1.29 is 19.0 Å². The zero-order chi connectivity index (χ0) is 22.6. The van der Waals surface area contributed by atoms with Crippen LogP contribution in [0.15, 0.2) is 36.4 Å². The third-order valence-corrected chi connectivity index (χ3v) is 7.81. The molecule has 7 heteroatoms. The lowest BCUT2D eigenvalue weighted by Crippen LogP contribution is -2.45. The molecule has 0 bridgehead atoms. The maximum Gasteiger partial charge on any atom is 0.245 e. The molecule has 0 saturated carbocycles. The summed E-state index contributed by atoms with van der Waals surface area (Å²) in [6, 6.07) is 12.1. The fourth-order valence-corrected chi connectivity index (χ4v) is 5.84. The molecule has 0 radical (unpaired) electrons. The third-order valence-electron chi connectivity index (χ3n) is 7.81. The molecule has 1 unspecified atom stereocenters. The van der Waals surface area contributed by atoms with Crippen LogP contribution in [-0.4, -0.2) is 50.4 Å². The van der Waals surface area contributed by atoms with Crippen LogP contribution in [0.1, 0.15) is 44.2 Å². The van der Waals surface area contributed by atoms with Gasteiger partial charge in [0.05, 0.1) is 0 Å². The first-order valence-electron chi connectivity index (χ1n) is 12.3. The zero-order valence-electron chi connectivity index (χ0n) is 19.9. The molecular weight excluding hydrogens is 452 g/mol. The maximum absolute atomic E-state index is 14.1. The van der Waals surface area contributed by atoms with Gasteiger partial charge in [0.1, 0.15) is 17.8 Å². The highest BCUT2D eigenvalue weighted by Crippen LogP contribution is 2.55. The van der Waals surface area contributed by atoms with Gasteiger partial charge < -0.3 is 24.0 Å². The van der Waals surface area contributed by atoms with Gasteiger partial charge in [0.2, 0.25) is 12.7 Å². The van der Waals surface area contributed by atoms with Gasteiger partial charge in [-0.25, -0.2) is 0 Å². The fourth-order valence-electron chi connectivity index (χ4n) is 5.84. The molecule has 2 aromatic carbocycles. The summed E-state index contributed by atoms with van der Waals surface area (Å²) >= 11 is 0. The molecular formula is C27H33ClN2O4. The Morgan fingerprint density at radius 2 is 1.74 bits per heavy atom. The van der Waals surface area contributed by atoms with E-state index in [1.165, 1.54) is 13.0 Å². The predicted octanol–water partition coefficient (Wildman–Crippen LogP) is 4.62. The summed E-state index contributed by atoms with van der Waals surface area (Å²) < 4.78 is 17.3. The number of halogens is 1. The second kappa shape index (κ2) is 8.97. The number of hydrogen-bond acceptors (Lipinski definition) is 5. The molecule has 1 fully saturated rings. The lowest BCUT2D eigenvalue weighted by Gasteiger charge is -2.34. The van der Waals surface area contributed by atoms with Gasteiger partial charge in [0.25, 0.3) is 0 Å². The Balaban J connectivity index is 0.00000241. The number of fused-ring (bicyclic) bond motifs is 5. The van der Waals surface area contributed by atoms with Gasteiger partial charge in [-0.05, 0) is 68.4 Å². The highest BCUT2D eigenvalue weighted by molar-refractivity contribution is 6.11. The van der Waals surface area contributed by atoms with Gasteiger partial charge in [0.15, 0.2) is 11.5 Å².